The Morgan fingerprint density at radius 2 is 2.11 bits per heavy atom. The van der Waals surface area contributed by atoms with E-state index >= 15 is 0 Å². The first-order valence-electron chi connectivity index (χ1n) is 4.21. The molecule has 0 heteroatoms. The molecule has 0 heterocycles. The predicted molar refractivity (Wildman–Crippen MR) is 39.2 cm³/mol. The topological polar surface area (TPSA) is 0 Å². The quantitative estimate of drug-likeness (QED) is 0.531. The van der Waals surface area contributed by atoms with Crippen molar-refractivity contribution in [3.05, 3.63) is 0 Å². The van der Waals surface area contributed by atoms with Crippen LogP contribution in [-0.4, -0.2) is 0 Å². The molecular weight excluding hydrogens is 108 g/mol. The molecule has 2 aliphatic carbocycles. The van der Waals surface area contributed by atoms with E-state index in [0.29, 0.717) is 0 Å². The third kappa shape index (κ3) is 0.500. The molecule has 2 aliphatic rings. The summed E-state index contributed by atoms with van der Waals surface area (Å²) in [4.78, 5) is 0. The molecule has 3 unspecified atom stereocenters. The normalized spacial score (nSPS) is 56.3. The highest BCUT2D eigenvalue weighted by Gasteiger charge is 2.74. The first-order valence-corrected chi connectivity index (χ1v) is 4.21. The van der Waals surface area contributed by atoms with Crippen molar-refractivity contribution >= 4 is 0 Å². The highest BCUT2D eigenvalue weighted by atomic mass is 14.8. The summed E-state index contributed by atoms with van der Waals surface area (Å²) in [6.07, 6.45) is 2.93. The van der Waals surface area contributed by atoms with Crippen LogP contribution in [0.5, 0.6) is 0 Å². The Hall–Kier alpha value is 0. The van der Waals surface area contributed by atoms with E-state index in [-0.39, 0.29) is 0 Å². The summed E-state index contributed by atoms with van der Waals surface area (Å²) < 4.78 is 0. The van der Waals surface area contributed by atoms with Gasteiger partial charge in [-0.3, -0.25) is 0 Å². The van der Waals surface area contributed by atoms with Gasteiger partial charge in [0.25, 0.3) is 0 Å². The SMILES string of the molecule is CCC(C)C1(C)C2CC21. The van der Waals surface area contributed by atoms with Crippen LogP contribution < -0.4 is 0 Å². The van der Waals surface area contributed by atoms with E-state index in [1.165, 1.54) is 6.42 Å². The Labute approximate surface area is 57.6 Å². The summed E-state index contributed by atoms with van der Waals surface area (Å²) in [5.41, 5.74) is 0.814. The molecule has 2 rings (SSSR count). The van der Waals surface area contributed by atoms with Gasteiger partial charge in [-0.15, -0.1) is 0 Å². The van der Waals surface area contributed by atoms with Gasteiger partial charge < -0.3 is 0 Å². The monoisotopic (exact) mass is 124 g/mol. The molecular formula is C9H16. The van der Waals surface area contributed by atoms with Crippen LogP contribution in [0, 0.1) is 23.2 Å². The summed E-state index contributed by atoms with van der Waals surface area (Å²) in [5, 5.41) is 0. The fraction of sp³-hybridized carbons (Fsp3) is 1.00. The predicted octanol–water partition coefficient (Wildman–Crippen LogP) is 2.69. The zero-order valence-electron chi connectivity index (χ0n) is 6.65. The third-order valence-electron chi connectivity index (χ3n) is 3.95. The number of fused-ring (bicyclic) bond motifs is 1. The second kappa shape index (κ2) is 1.36. The van der Waals surface area contributed by atoms with Gasteiger partial charge in [0.2, 0.25) is 0 Å². The van der Waals surface area contributed by atoms with Crippen molar-refractivity contribution in [1.29, 1.82) is 0 Å². The van der Waals surface area contributed by atoms with Crippen molar-refractivity contribution in [1.82, 2.24) is 0 Å². The van der Waals surface area contributed by atoms with Crippen LogP contribution in [-0.2, 0) is 0 Å². The number of rotatable bonds is 2. The van der Waals surface area contributed by atoms with Crippen LogP contribution in [0.3, 0.4) is 0 Å². The highest BCUT2D eigenvalue weighted by Crippen LogP contribution is 2.80. The molecule has 0 aliphatic heterocycles. The van der Waals surface area contributed by atoms with Crippen molar-refractivity contribution in [2.24, 2.45) is 23.2 Å². The number of hydrogen-bond acceptors (Lipinski definition) is 0. The zero-order chi connectivity index (χ0) is 6.65. The maximum absolute atomic E-state index is 2.47. The smallest absolute Gasteiger partial charge is 0.0238 e. The Bertz CT molecular complexity index is 129. The van der Waals surface area contributed by atoms with Crippen molar-refractivity contribution in [3.63, 3.8) is 0 Å². The maximum atomic E-state index is 2.47. The fourth-order valence-electron chi connectivity index (χ4n) is 2.44. The van der Waals surface area contributed by atoms with Crippen LogP contribution in [0.2, 0.25) is 0 Å². The zero-order valence-corrected chi connectivity index (χ0v) is 6.65. The van der Waals surface area contributed by atoms with Crippen LogP contribution in [0.4, 0.5) is 0 Å². The third-order valence-corrected chi connectivity index (χ3v) is 3.95. The van der Waals surface area contributed by atoms with E-state index in [2.05, 4.69) is 20.8 Å². The van der Waals surface area contributed by atoms with Crippen LogP contribution in [0.15, 0.2) is 0 Å². The van der Waals surface area contributed by atoms with Gasteiger partial charge in [0, 0.05) is 0 Å². The summed E-state index contributed by atoms with van der Waals surface area (Å²) >= 11 is 0. The second-order valence-corrected chi connectivity index (χ2v) is 4.12. The van der Waals surface area contributed by atoms with E-state index in [1.54, 1.807) is 6.42 Å². The average Bonchev–Trinajstić information content (AvgIpc) is 2.69. The van der Waals surface area contributed by atoms with Gasteiger partial charge in [-0.1, -0.05) is 27.2 Å². The molecule has 0 aromatic heterocycles. The first-order chi connectivity index (χ1) is 4.21. The Balaban J connectivity index is 1.98. The van der Waals surface area contributed by atoms with E-state index in [9.17, 15) is 0 Å². The van der Waals surface area contributed by atoms with Crippen LogP contribution in [0.1, 0.15) is 33.6 Å². The van der Waals surface area contributed by atoms with E-state index in [4.69, 9.17) is 0 Å². The fourth-order valence-corrected chi connectivity index (χ4v) is 2.44. The van der Waals surface area contributed by atoms with Gasteiger partial charge >= 0.3 is 0 Å². The molecule has 0 bridgehead atoms. The minimum atomic E-state index is 0.814. The Morgan fingerprint density at radius 1 is 1.56 bits per heavy atom. The molecule has 0 saturated heterocycles. The van der Waals surface area contributed by atoms with Crippen molar-refractivity contribution in [2.45, 2.75) is 33.6 Å². The van der Waals surface area contributed by atoms with Gasteiger partial charge in [-0.25, -0.2) is 0 Å². The van der Waals surface area contributed by atoms with Crippen molar-refractivity contribution in [3.8, 4) is 0 Å². The lowest BCUT2D eigenvalue weighted by Crippen LogP contribution is -2.15. The van der Waals surface area contributed by atoms with Gasteiger partial charge in [0.15, 0.2) is 0 Å². The van der Waals surface area contributed by atoms with Gasteiger partial charge in [-0.2, -0.15) is 0 Å². The first kappa shape index (κ1) is 5.76. The standard InChI is InChI=1S/C9H16/c1-4-6(2)9(3)7-5-8(7)9/h6-8H,4-5H2,1-3H3. The lowest BCUT2D eigenvalue weighted by Gasteiger charge is -2.23. The largest absolute Gasteiger partial charge is 0.0651 e. The van der Waals surface area contributed by atoms with Crippen molar-refractivity contribution < 1.29 is 0 Å². The molecule has 9 heavy (non-hydrogen) atoms. The summed E-state index contributed by atoms with van der Waals surface area (Å²) in [6.45, 7) is 7.19. The minimum absolute atomic E-state index is 0.814. The van der Waals surface area contributed by atoms with Gasteiger partial charge in [0.1, 0.15) is 0 Å². The van der Waals surface area contributed by atoms with E-state index in [0.717, 1.165) is 23.2 Å². The summed E-state index contributed by atoms with van der Waals surface area (Å²) in [6, 6.07) is 0. The van der Waals surface area contributed by atoms with Crippen molar-refractivity contribution in [2.75, 3.05) is 0 Å². The molecule has 0 radical (unpaired) electrons. The summed E-state index contributed by atoms with van der Waals surface area (Å²) in [5.74, 6) is 3.31. The molecule has 3 atom stereocenters. The lowest BCUT2D eigenvalue weighted by molar-refractivity contribution is 0.260. The molecule has 0 nitrogen and oxygen atoms in total. The van der Waals surface area contributed by atoms with E-state index in [1.807, 2.05) is 0 Å². The van der Waals surface area contributed by atoms with Gasteiger partial charge in [0.05, 0.1) is 0 Å². The Kier molecular flexibility index (Phi) is 0.868. The Morgan fingerprint density at radius 3 is 2.22 bits per heavy atom. The van der Waals surface area contributed by atoms with E-state index < -0.39 is 0 Å². The molecule has 2 saturated carbocycles. The maximum Gasteiger partial charge on any atom is -0.0238 e. The molecule has 0 aromatic carbocycles. The molecule has 2 fully saturated rings. The van der Waals surface area contributed by atoms with Crippen LogP contribution in [0.25, 0.3) is 0 Å². The molecule has 0 spiro atoms. The number of hydrogen-bond donors (Lipinski definition) is 0. The average molecular weight is 124 g/mol. The van der Waals surface area contributed by atoms with Gasteiger partial charge in [-0.05, 0) is 29.6 Å². The van der Waals surface area contributed by atoms with Crippen LogP contribution >= 0.6 is 0 Å². The highest BCUT2D eigenvalue weighted by molar-refractivity contribution is 5.22. The molecule has 0 aromatic rings. The second-order valence-electron chi connectivity index (χ2n) is 4.12. The molecule has 52 valence electrons. The lowest BCUT2D eigenvalue weighted by atomic mass is 9.82. The molecule has 0 N–H and O–H groups in total. The minimum Gasteiger partial charge on any atom is -0.0651 e. The molecule has 0 amide bonds. The summed E-state index contributed by atoms with van der Waals surface area (Å²) in [7, 11) is 0.